The first-order valence-corrected chi connectivity index (χ1v) is 6.11. The molecule has 4 heteroatoms. The van der Waals surface area contributed by atoms with Gasteiger partial charge in [0.2, 0.25) is 0 Å². The molecule has 0 bridgehead atoms. The van der Waals surface area contributed by atoms with Gasteiger partial charge in [-0.3, -0.25) is 0 Å². The van der Waals surface area contributed by atoms with Crippen molar-refractivity contribution in [1.29, 1.82) is 0 Å². The van der Waals surface area contributed by atoms with Gasteiger partial charge in [-0.1, -0.05) is 6.07 Å². The molecule has 1 saturated heterocycles. The van der Waals surface area contributed by atoms with Gasteiger partial charge < -0.3 is 9.64 Å². The molecule has 0 aromatic carbocycles. The van der Waals surface area contributed by atoms with Gasteiger partial charge in [0.15, 0.2) is 0 Å². The Kier molecular flexibility index (Phi) is 3.66. The van der Waals surface area contributed by atoms with Crippen molar-refractivity contribution in [3.63, 3.8) is 0 Å². The maximum atomic E-state index is 5.74. The number of ether oxygens (including phenoxy) is 1. The number of anilines is 1. The van der Waals surface area contributed by atoms with Crippen molar-refractivity contribution in [1.82, 2.24) is 4.98 Å². The zero-order valence-electron chi connectivity index (χ0n) is 9.69. The molecule has 0 spiro atoms. The lowest BCUT2D eigenvalue weighted by atomic mass is 10.1. The van der Waals surface area contributed by atoms with Crippen LogP contribution < -0.4 is 4.90 Å². The molecule has 0 amide bonds. The Morgan fingerprint density at radius 3 is 2.88 bits per heavy atom. The number of likely N-dealkylation sites (N-methyl/N-ethyl adjacent to an activating group) is 1. The van der Waals surface area contributed by atoms with Crippen molar-refractivity contribution in [2.24, 2.45) is 0 Å². The molecule has 0 radical (unpaired) electrons. The van der Waals surface area contributed by atoms with Gasteiger partial charge in [-0.15, -0.1) is 11.6 Å². The van der Waals surface area contributed by atoms with Crippen molar-refractivity contribution in [3.8, 4) is 0 Å². The average Bonchev–Trinajstić information content (AvgIpc) is 2.75. The molecule has 0 saturated carbocycles. The van der Waals surface area contributed by atoms with Crippen LogP contribution in [-0.4, -0.2) is 30.8 Å². The molecule has 1 fully saturated rings. The van der Waals surface area contributed by atoms with E-state index in [1.807, 2.05) is 18.3 Å². The summed E-state index contributed by atoms with van der Waals surface area (Å²) < 4.78 is 5.56. The van der Waals surface area contributed by atoms with Crippen molar-refractivity contribution in [3.05, 3.63) is 23.9 Å². The van der Waals surface area contributed by atoms with Crippen LogP contribution in [0.5, 0.6) is 0 Å². The minimum Gasteiger partial charge on any atom is -0.376 e. The summed E-state index contributed by atoms with van der Waals surface area (Å²) in [6.07, 6.45) is 3.18. The van der Waals surface area contributed by atoms with E-state index in [1.165, 1.54) is 0 Å². The molecule has 16 heavy (non-hydrogen) atoms. The highest BCUT2D eigenvalue weighted by Gasteiger charge is 2.28. The zero-order valence-corrected chi connectivity index (χ0v) is 10.4. The summed E-state index contributed by atoms with van der Waals surface area (Å²) in [6, 6.07) is 4.46. The molecule has 2 heterocycles. The van der Waals surface area contributed by atoms with Crippen LogP contribution in [0.2, 0.25) is 0 Å². The summed E-state index contributed by atoms with van der Waals surface area (Å²) >= 11 is 5.74. The van der Waals surface area contributed by atoms with Crippen LogP contribution in [0.3, 0.4) is 0 Å². The van der Waals surface area contributed by atoms with E-state index >= 15 is 0 Å². The van der Waals surface area contributed by atoms with Crippen LogP contribution in [0.15, 0.2) is 18.3 Å². The Labute approximate surface area is 101 Å². The summed E-state index contributed by atoms with van der Waals surface area (Å²) in [5.74, 6) is 1.50. The average molecular weight is 241 g/mol. The topological polar surface area (TPSA) is 25.4 Å². The van der Waals surface area contributed by atoms with Gasteiger partial charge in [-0.2, -0.15) is 0 Å². The van der Waals surface area contributed by atoms with Crippen molar-refractivity contribution in [2.45, 2.75) is 31.4 Å². The lowest BCUT2D eigenvalue weighted by molar-refractivity contribution is 0.118. The molecule has 1 aliphatic rings. The highest BCUT2D eigenvalue weighted by Crippen LogP contribution is 2.22. The molecule has 88 valence electrons. The smallest absolute Gasteiger partial charge is 0.128 e. The van der Waals surface area contributed by atoms with Crippen LogP contribution in [0.25, 0.3) is 0 Å². The molecular formula is C12H17ClN2O. The van der Waals surface area contributed by atoms with E-state index in [-0.39, 0.29) is 6.10 Å². The molecule has 2 atom stereocenters. The second-order valence-corrected chi connectivity index (χ2v) is 4.47. The SMILES string of the molecule is CC1OCCC1N(C)c1ccc(CCl)cn1. The van der Waals surface area contributed by atoms with E-state index in [0.717, 1.165) is 24.4 Å². The Morgan fingerprint density at radius 1 is 1.56 bits per heavy atom. The number of hydrogen-bond acceptors (Lipinski definition) is 3. The first-order valence-electron chi connectivity index (χ1n) is 5.57. The third kappa shape index (κ3) is 2.30. The third-order valence-corrected chi connectivity index (χ3v) is 3.47. The van der Waals surface area contributed by atoms with Crippen LogP contribution >= 0.6 is 11.6 Å². The Hall–Kier alpha value is -0.800. The minimum atomic E-state index is 0.277. The first-order chi connectivity index (χ1) is 7.72. The Morgan fingerprint density at radius 2 is 2.38 bits per heavy atom. The van der Waals surface area contributed by atoms with Gasteiger partial charge in [0.1, 0.15) is 5.82 Å². The van der Waals surface area contributed by atoms with Crippen LogP contribution in [0, 0.1) is 0 Å². The number of hydrogen-bond donors (Lipinski definition) is 0. The molecule has 0 N–H and O–H groups in total. The highest BCUT2D eigenvalue weighted by molar-refractivity contribution is 6.17. The van der Waals surface area contributed by atoms with Crippen molar-refractivity contribution < 1.29 is 4.74 Å². The summed E-state index contributed by atoms with van der Waals surface area (Å²) in [5, 5.41) is 0. The first kappa shape index (κ1) is 11.7. The zero-order chi connectivity index (χ0) is 11.5. The standard InChI is InChI=1S/C12H17ClN2O/c1-9-11(5-6-16-9)15(2)12-4-3-10(7-13)8-14-12/h3-4,8-9,11H,5-7H2,1-2H3. The van der Waals surface area contributed by atoms with E-state index in [4.69, 9.17) is 16.3 Å². The lowest BCUT2D eigenvalue weighted by Crippen LogP contribution is -2.37. The van der Waals surface area contributed by atoms with E-state index in [1.54, 1.807) is 0 Å². The van der Waals surface area contributed by atoms with Crippen LogP contribution in [0.4, 0.5) is 5.82 Å². The number of pyridine rings is 1. The number of aromatic nitrogens is 1. The van der Waals surface area contributed by atoms with Gasteiger partial charge >= 0.3 is 0 Å². The molecule has 0 aliphatic carbocycles. The second kappa shape index (κ2) is 5.02. The minimum absolute atomic E-state index is 0.277. The number of alkyl halides is 1. The number of rotatable bonds is 3. The molecule has 2 unspecified atom stereocenters. The summed E-state index contributed by atoms with van der Waals surface area (Å²) in [7, 11) is 2.07. The highest BCUT2D eigenvalue weighted by atomic mass is 35.5. The molecular weight excluding hydrogens is 224 g/mol. The Bertz CT molecular complexity index is 341. The van der Waals surface area contributed by atoms with E-state index < -0.39 is 0 Å². The summed E-state index contributed by atoms with van der Waals surface area (Å²) in [6.45, 7) is 2.96. The summed E-state index contributed by atoms with van der Waals surface area (Å²) in [5.41, 5.74) is 1.05. The fraction of sp³-hybridized carbons (Fsp3) is 0.583. The van der Waals surface area contributed by atoms with Crippen LogP contribution in [0.1, 0.15) is 18.9 Å². The quantitative estimate of drug-likeness (QED) is 0.759. The molecule has 1 aromatic heterocycles. The molecule has 1 aliphatic heterocycles. The predicted octanol–water partition coefficient (Wildman–Crippen LogP) is 2.43. The van der Waals surface area contributed by atoms with Gasteiger partial charge in [-0.05, 0) is 25.0 Å². The maximum Gasteiger partial charge on any atom is 0.128 e. The fourth-order valence-electron chi connectivity index (χ4n) is 2.10. The van der Waals surface area contributed by atoms with E-state index in [9.17, 15) is 0 Å². The van der Waals surface area contributed by atoms with Crippen LogP contribution in [-0.2, 0) is 10.6 Å². The monoisotopic (exact) mass is 240 g/mol. The molecule has 3 nitrogen and oxygen atoms in total. The van der Waals surface area contributed by atoms with Gasteiger partial charge in [0.25, 0.3) is 0 Å². The van der Waals surface area contributed by atoms with E-state index in [0.29, 0.717) is 11.9 Å². The summed E-state index contributed by atoms with van der Waals surface area (Å²) in [4.78, 5) is 6.60. The number of nitrogens with zero attached hydrogens (tertiary/aromatic N) is 2. The van der Waals surface area contributed by atoms with Gasteiger partial charge in [0, 0.05) is 25.7 Å². The third-order valence-electron chi connectivity index (χ3n) is 3.16. The largest absolute Gasteiger partial charge is 0.376 e. The number of halogens is 1. The van der Waals surface area contributed by atoms with Gasteiger partial charge in [0.05, 0.1) is 12.1 Å². The Balaban J connectivity index is 2.10. The van der Waals surface area contributed by atoms with E-state index in [2.05, 4.69) is 23.9 Å². The van der Waals surface area contributed by atoms with Crippen molar-refractivity contribution >= 4 is 17.4 Å². The molecule has 1 aromatic rings. The lowest BCUT2D eigenvalue weighted by Gasteiger charge is -2.27. The molecule has 2 rings (SSSR count). The second-order valence-electron chi connectivity index (χ2n) is 4.20. The normalized spacial score (nSPS) is 24.7. The predicted molar refractivity (Wildman–Crippen MR) is 66.0 cm³/mol. The van der Waals surface area contributed by atoms with Crippen molar-refractivity contribution in [2.75, 3.05) is 18.6 Å². The van der Waals surface area contributed by atoms with Gasteiger partial charge in [-0.25, -0.2) is 4.98 Å². The maximum absolute atomic E-state index is 5.74. The fourth-order valence-corrected chi connectivity index (χ4v) is 2.26.